The third-order valence-corrected chi connectivity index (χ3v) is 2.75. The summed E-state index contributed by atoms with van der Waals surface area (Å²) in [4.78, 5) is 0. The van der Waals surface area contributed by atoms with E-state index >= 15 is 0 Å². The molecule has 0 aliphatic carbocycles. The zero-order chi connectivity index (χ0) is 9.84. The number of hydrogen-bond donors (Lipinski definition) is 2. The summed E-state index contributed by atoms with van der Waals surface area (Å²) in [5.74, 6) is -0.454. The van der Waals surface area contributed by atoms with Crippen molar-refractivity contribution in [2.24, 2.45) is 5.73 Å². The highest BCUT2D eigenvalue weighted by Crippen LogP contribution is 2.29. The Labute approximate surface area is 89.4 Å². The van der Waals surface area contributed by atoms with Crippen molar-refractivity contribution in [2.45, 2.75) is 0 Å². The molecule has 0 unspecified atom stereocenters. The smallest absolute Gasteiger partial charge is 0.165 e. The fourth-order valence-electron chi connectivity index (χ4n) is 0.869. The molecule has 0 saturated carbocycles. The monoisotopic (exact) mass is 266 g/mol. The number of nitrogens with two attached hydrogens (primary N) is 1. The summed E-state index contributed by atoms with van der Waals surface area (Å²) in [5.41, 5.74) is 5.64. The van der Waals surface area contributed by atoms with Crippen molar-refractivity contribution >= 4 is 33.2 Å². The van der Waals surface area contributed by atoms with E-state index in [1.807, 2.05) is 0 Å². The maximum absolute atomic E-state index is 13.3. The molecule has 0 spiro atoms. The van der Waals surface area contributed by atoms with Gasteiger partial charge < -0.3 is 11.1 Å². The first-order valence-electron chi connectivity index (χ1n) is 3.74. The van der Waals surface area contributed by atoms with Gasteiger partial charge in [-0.25, -0.2) is 4.39 Å². The molecule has 0 saturated heterocycles. The largest absolute Gasteiger partial charge is 0.381 e. The minimum absolute atomic E-state index is 0.0852. The van der Waals surface area contributed by atoms with Crippen LogP contribution in [0.15, 0.2) is 16.6 Å². The number of halogens is 3. The Morgan fingerprint density at radius 3 is 2.85 bits per heavy atom. The lowest BCUT2D eigenvalue weighted by molar-refractivity contribution is 0.630. The summed E-state index contributed by atoms with van der Waals surface area (Å²) < 4.78 is 13.9. The van der Waals surface area contributed by atoms with Crippen LogP contribution in [-0.4, -0.2) is 13.1 Å². The number of rotatable bonds is 3. The van der Waals surface area contributed by atoms with Crippen LogP contribution in [0.1, 0.15) is 0 Å². The second-order valence-corrected chi connectivity index (χ2v) is 3.67. The van der Waals surface area contributed by atoms with Crippen LogP contribution in [0.3, 0.4) is 0 Å². The SMILES string of the molecule is NCCNc1ccc(Br)c(Cl)c1F. The molecule has 0 heterocycles. The molecular weight excluding hydrogens is 258 g/mol. The van der Waals surface area contributed by atoms with Crippen molar-refractivity contribution in [1.82, 2.24) is 0 Å². The van der Waals surface area contributed by atoms with Crippen LogP contribution < -0.4 is 11.1 Å². The molecule has 72 valence electrons. The van der Waals surface area contributed by atoms with Crippen molar-refractivity contribution < 1.29 is 4.39 Å². The van der Waals surface area contributed by atoms with Gasteiger partial charge >= 0.3 is 0 Å². The van der Waals surface area contributed by atoms with Crippen LogP contribution in [0.4, 0.5) is 10.1 Å². The van der Waals surface area contributed by atoms with Gasteiger partial charge in [-0.05, 0) is 28.1 Å². The van der Waals surface area contributed by atoms with Gasteiger partial charge in [-0.2, -0.15) is 0 Å². The normalized spacial score (nSPS) is 10.2. The highest BCUT2D eigenvalue weighted by atomic mass is 79.9. The molecule has 0 fully saturated rings. The van der Waals surface area contributed by atoms with Gasteiger partial charge in [0.1, 0.15) is 0 Å². The van der Waals surface area contributed by atoms with E-state index in [0.717, 1.165) is 0 Å². The molecule has 2 nitrogen and oxygen atoms in total. The Balaban J connectivity index is 2.90. The van der Waals surface area contributed by atoms with Crippen LogP contribution in [0.2, 0.25) is 5.02 Å². The van der Waals surface area contributed by atoms with Crippen LogP contribution in [0.25, 0.3) is 0 Å². The standard InChI is InChI=1S/C8H9BrClFN2/c9-5-1-2-6(13-4-3-12)8(11)7(5)10/h1-2,13H,3-4,12H2. The van der Waals surface area contributed by atoms with E-state index in [9.17, 15) is 4.39 Å². The molecule has 0 aliphatic rings. The Hall–Kier alpha value is -0.320. The van der Waals surface area contributed by atoms with E-state index in [-0.39, 0.29) is 5.02 Å². The van der Waals surface area contributed by atoms with Crippen LogP contribution >= 0.6 is 27.5 Å². The molecule has 0 aliphatic heterocycles. The van der Waals surface area contributed by atoms with E-state index in [1.165, 1.54) is 0 Å². The molecular formula is C8H9BrClFN2. The van der Waals surface area contributed by atoms with Gasteiger partial charge in [0.2, 0.25) is 0 Å². The maximum atomic E-state index is 13.3. The lowest BCUT2D eigenvalue weighted by atomic mass is 10.3. The predicted octanol–water partition coefficient (Wildman–Crippen LogP) is 2.61. The van der Waals surface area contributed by atoms with Crippen LogP contribution in [-0.2, 0) is 0 Å². The minimum atomic E-state index is -0.454. The molecule has 0 amide bonds. The topological polar surface area (TPSA) is 38.0 Å². The third kappa shape index (κ3) is 2.56. The van der Waals surface area contributed by atoms with Crippen molar-refractivity contribution in [3.63, 3.8) is 0 Å². The molecule has 1 aromatic rings. The van der Waals surface area contributed by atoms with Crippen LogP contribution in [0.5, 0.6) is 0 Å². The summed E-state index contributed by atoms with van der Waals surface area (Å²) in [5, 5.41) is 2.91. The van der Waals surface area contributed by atoms with Crippen LogP contribution in [0, 0.1) is 5.82 Å². The summed E-state index contributed by atoms with van der Waals surface area (Å²) in [6.07, 6.45) is 0. The Kier molecular flexibility index (Phi) is 3.96. The second kappa shape index (κ2) is 4.79. The van der Waals surface area contributed by atoms with Gasteiger partial charge in [0.15, 0.2) is 5.82 Å². The first kappa shape index (κ1) is 10.8. The summed E-state index contributed by atoms with van der Waals surface area (Å²) in [6.45, 7) is 0.974. The Bertz CT molecular complexity index is 306. The van der Waals surface area contributed by atoms with Gasteiger partial charge in [0.25, 0.3) is 0 Å². The Morgan fingerprint density at radius 2 is 2.23 bits per heavy atom. The highest BCUT2D eigenvalue weighted by Gasteiger charge is 2.08. The maximum Gasteiger partial charge on any atom is 0.165 e. The predicted molar refractivity (Wildman–Crippen MR) is 56.7 cm³/mol. The summed E-state index contributed by atoms with van der Waals surface area (Å²) in [7, 11) is 0. The number of anilines is 1. The molecule has 1 aromatic carbocycles. The van der Waals surface area contributed by atoms with E-state index in [0.29, 0.717) is 23.2 Å². The molecule has 13 heavy (non-hydrogen) atoms. The molecule has 3 N–H and O–H groups in total. The third-order valence-electron chi connectivity index (χ3n) is 1.49. The zero-order valence-electron chi connectivity index (χ0n) is 6.78. The van der Waals surface area contributed by atoms with E-state index in [2.05, 4.69) is 21.2 Å². The van der Waals surface area contributed by atoms with Gasteiger partial charge in [-0.15, -0.1) is 0 Å². The first-order chi connectivity index (χ1) is 6.16. The molecule has 0 atom stereocenters. The van der Waals surface area contributed by atoms with Crippen molar-refractivity contribution in [3.8, 4) is 0 Å². The number of hydrogen-bond acceptors (Lipinski definition) is 2. The van der Waals surface area contributed by atoms with E-state index < -0.39 is 5.82 Å². The van der Waals surface area contributed by atoms with E-state index in [4.69, 9.17) is 17.3 Å². The fourth-order valence-corrected chi connectivity index (χ4v) is 1.34. The minimum Gasteiger partial charge on any atom is -0.381 e. The second-order valence-electron chi connectivity index (χ2n) is 2.44. The Morgan fingerprint density at radius 1 is 1.54 bits per heavy atom. The lowest BCUT2D eigenvalue weighted by Gasteiger charge is -2.07. The zero-order valence-corrected chi connectivity index (χ0v) is 9.12. The number of nitrogens with one attached hydrogen (secondary N) is 1. The number of benzene rings is 1. The summed E-state index contributed by atoms with van der Waals surface area (Å²) >= 11 is 8.79. The van der Waals surface area contributed by atoms with Gasteiger partial charge in [0.05, 0.1) is 10.7 Å². The van der Waals surface area contributed by atoms with Gasteiger partial charge in [-0.3, -0.25) is 0 Å². The average molecular weight is 268 g/mol. The molecule has 0 aromatic heterocycles. The van der Waals surface area contributed by atoms with Gasteiger partial charge in [0, 0.05) is 17.6 Å². The molecule has 0 bridgehead atoms. The van der Waals surface area contributed by atoms with Crippen molar-refractivity contribution in [1.29, 1.82) is 0 Å². The molecule has 5 heteroatoms. The van der Waals surface area contributed by atoms with Crippen molar-refractivity contribution in [2.75, 3.05) is 18.4 Å². The highest BCUT2D eigenvalue weighted by molar-refractivity contribution is 9.10. The summed E-state index contributed by atoms with van der Waals surface area (Å²) in [6, 6.07) is 3.30. The molecule has 0 radical (unpaired) electrons. The molecule has 1 rings (SSSR count). The van der Waals surface area contributed by atoms with Crippen molar-refractivity contribution in [3.05, 3.63) is 27.4 Å². The van der Waals surface area contributed by atoms with E-state index in [1.54, 1.807) is 12.1 Å². The lowest BCUT2D eigenvalue weighted by Crippen LogP contribution is -2.13. The quantitative estimate of drug-likeness (QED) is 0.826. The first-order valence-corrected chi connectivity index (χ1v) is 4.91. The average Bonchev–Trinajstić information content (AvgIpc) is 2.13. The van der Waals surface area contributed by atoms with Gasteiger partial charge in [-0.1, -0.05) is 11.6 Å². The fraction of sp³-hybridized carbons (Fsp3) is 0.250.